The van der Waals surface area contributed by atoms with Crippen molar-refractivity contribution in [2.45, 2.75) is 45.1 Å². The average molecular weight is 430 g/mol. The number of benzene rings is 2. The molecule has 0 unspecified atom stereocenters. The maximum atomic E-state index is 13.1. The minimum absolute atomic E-state index is 0.239. The number of aryl methyl sites for hydroxylation is 1. The van der Waals surface area contributed by atoms with Crippen LogP contribution in [0.5, 0.6) is 0 Å². The van der Waals surface area contributed by atoms with Crippen LogP contribution in [0.1, 0.15) is 54.6 Å². The zero-order chi connectivity index (χ0) is 19.6. The van der Waals surface area contributed by atoms with Crippen molar-refractivity contribution in [3.8, 4) is 0 Å². The van der Waals surface area contributed by atoms with Gasteiger partial charge in [-0.15, -0.1) is 0 Å². The number of ketones is 1. The normalized spacial score (nSPS) is 18.7. The summed E-state index contributed by atoms with van der Waals surface area (Å²) in [7, 11) is 0. The third-order valence-corrected chi connectivity index (χ3v) is 5.62. The fraction of sp³-hybridized carbons (Fsp3) is 0.364. The van der Waals surface area contributed by atoms with E-state index in [0.29, 0.717) is 23.4 Å². The van der Waals surface area contributed by atoms with E-state index in [4.69, 9.17) is 0 Å². The topological polar surface area (TPSA) is 57.6 Å². The number of hydrogen-bond acceptors (Lipinski definition) is 3. The molecule has 1 amide bonds. The second-order valence-corrected chi connectivity index (χ2v) is 7.90. The predicted molar refractivity (Wildman–Crippen MR) is 110 cm³/mol. The number of hydrogen-bond donors (Lipinski definition) is 1. The summed E-state index contributed by atoms with van der Waals surface area (Å²) in [6.45, 7) is 4.64. The first-order valence-electron chi connectivity index (χ1n) is 9.37. The van der Waals surface area contributed by atoms with Crippen LogP contribution in [-0.2, 0) is 16.8 Å². The second kappa shape index (κ2) is 7.95. The molecule has 2 aromatic rings. The lowest BCUT2D eigenvalue weighted by Gasteiger charge is -2.22. The molecule has 3 rings (SSSR count). The van der Waals surface area contributed by atoms with Crippen molar-refractivity contribution >= 4 is 33.3 Å². The lowest BCUT2D eigenvalue weighted by Crippen LogP contribution is -2.42. The minimum atomic E-state index is -1.83. The average Bonchev–Trinajstić information content (AvgIpc) is 2.87. The number of nitrogens with zero attached hydrogens (tertiary/aromatic N) is 1. The third kappa shape index (κ3) is 3.71. The molecule has 27 heavy (non-hydrogen) atoms. The highest BCUT2D eigenvalue weighted by Gasteiger charge is 2.50. The van der Waals surface area contributed by atoms with Crippen LogP contribution >= 0.6 is 15.9 Å². The Hall–Kier alpha value is -1.98. The molecular formula is C22H24BrNO3. The maximum Gasteiger partial charge on any atom is 0.264 e. The molecule has 4 nitrogen and oxygen atoms in total. The Labute approximate surface area is 168 Å². The number of unbranched alkanes of at least 4 members (excludes halogenated alkanes) is 1. The first-order chi connectivity index (χ1) is 12.9. The molecule has 0 bridgehead atoms. The van der Waals surface area contributed by atoms with Gasteiger partial charge in [0.15, 0.2) is 11.4 Å². The predicted octanol–water partition coefficient (Wildman–Crippen LogP) is 4.62. The van der Waals surface area contributed by atoms with Crippen LogP contribution in [0.3, 0.4) is 0 Å². The van der Waals surface area contributed by atoms with E-state index in [-0.39, 0.29) is 12.2 Å². The van der Waals surface area contributed by atoms with Crippen molar-refractivity contribution in [1.82, 2.24) is 0 Å². The summed E-state index contributed by atoms with van der Waals surface area (Å²) < 4.78 is 0.768. The second-order valence-electron chi connectivity index (χ2n) is 6.98. The highest BCUT2D eigenvalue weighted by atomic mass is 79.9. The van der Waals surface area contributed by atoms with Gasteiger partial charge < -0.3 is 10.0 Å². The van der Waals surface area contributed by atoms with Gasteiger partial charge in [0.25, 0.3) is 5.91 Å². The van der Waals surface area contributed by atoms with E-state index in [1.165, 1.54) is 0 Å². The van der Waals surface area contributed by atoms with Gasteiger partial charge >= 0.3 is 0 Å². The van der Waals surface area contributed by atoms with Gasteiger partial charge in [-0.3, -0.25) is 9.59 Å². The summed E-state index contributed by atoms with van der Waals surface area (Å²) >= 11 is 3.41. The van der Waals surface area contributed by atoms with Gasteiger partial charge in [0.05, 0.1) is 12.1 Å². The van der Waals surface area contributed by atoms with Gasteiger partial charge in [-0.2, -0.15) is 0 Å². The summed E-state index contributed by atoms with van der Waals surface area (Å²) in [4.78, 5) is 27.5. The molecule has 0 saturated heterocycles. The number of amides is 1. The van der Waals surface area contributed by atoms with Gasteiger partial charge in [-0.1, -0.05) is 60.5 Å². The quantitative estimate of drug-likeness (QED) is 0.653. The molecule has 0 aliphatic carbocycles. The lowest BCUT2D eigenvalue weighted by molar-refractivity contribution is -0.135. The van der Waals surface area contributed by atoms with Gasteiger partial charge in [0.1, 0.15) is 0 Å². The largest absolute Gasteiger partial charge is 0.375 e. The smallest absolute Gasteiger partial charge is 0.264 e. The Morgan fingerprint density at radius 1 is 1.15 bits per heavy atom. The van der Waals surface area contributed by atoms with Gasteiger partial charge in [-0.25, -0.2) is 0 Å². The van der Waals surface area contributed by atoms with E-state index in [1.807, 2.05) is 24.3 Å². The highest BCUT2D eigenvalue weighted by Crippen LogP contribution is 2.44. The molecule has 142 valence electrons. The van der Waals surface area contributed by atoms with E-state index < -0.39 is 11.5 Å². The molecule has 0 aromatic heterocycles. The fourth-order valence-electron chi connectivity index (χ4n) is 3.49. The Morgan fingerprint density at radius 3 is 2.48 bits per heavy atom. The number of carbonyl (C=O) groups is 2. The molecule has 1 atom stereocenters. The Bertz CT molecular complexity index is 862. The molecule has 0 saturated carbocycles. The molecule has 1 aliphatic rings. The van der Waals surface area contributed by atoms with Crippen molar-refractivity contribution < 1.29 is 14.7 Å². The van der Waals surface area contributed by atoms with E-state index in [9.17, 15) is 14.7 Å². The molecule has 5 heteroatoms. The van der Waals surface area contributed by atoms with Crippen molar-refractivity contribution in [2.24, 2.45) is 0 Å². The third-order valence-electron chi connectivity index (χ3n) is 5.13. The maximum absolute atomic E-state index is 13.1. The standard InChI is InChI=1S/C22H24BrNO3/c1-3-5-12-24-19-11-10-17(23)13-18(19)22(27,21(24)26)14-20(25)16-8-6-15(4-2)7-9-16/h6-11,13,27H,3-5,12,14H2,1-2H3/t22-/m1/s1. The number of rotatable bonds is 7. The summed E-state index contributed by atoms with van der Waals surface area (Å²) in [6, 6.07) is 12.8. The Balaban J connectivity index is 1.94. The number of halogens is 1. The van der Waals surface area contributed by atoms with E-state index in [2.05, 4.69) is 29.8 Å². The van der Waals surface area contributed by atoms with E-state index in [1.54, 1.807) is 23.1 Å². The monoisotopic (exact) mass is 429 g/mol. The van der Waals surface area contributed by atoms with Crippen LogP contribution in [0.15, 0.2) is 46.9 Å². The van der Waals surface area contributed by atoms with Crippen LogP contribution in [0.4, 0.5) is 5.69 Å². The van der Waals surface area contributed by atoms with Gasteiger partial charge in [-0.05, 0) is 36.6 Å². The van der Waals surface area contributed by atoms with Crippen molar-refractivity contribution in [3.05, 3.63) is 63.6 Å². The molecular weight excluding hydrogens is 406 g/mol. The minimum Gasteiger partial charge on any atom is -0.375 e. The van der Waals surface area contributed by atoms with Crippen LogP contribution in [0, 0.1) is 0 Å². The molecule has 0 radical (unpaired) electrons. The molecule has 1 N–H and O–H groups in total. The molecule has 0 spiro atoms. The summed E-state index contributed by atoms with van der Waals surface area (Å²) in [6.07, 6.45) is 2.41. The number of aliphatic hydroxyl groups is 1. The van der Waals surface area contributed by atoms with Gasteiger partial charge in [0.2, 0.25) is 0 Å². The van der Waals surface area contributed by atoms with Gasteiger partial charge in [0, 0.05) is 22.1 Å². The van der Waals surface area contributed by atoms with Crippen LogP contribution in [0.2, 0.25) is 0 Å². The molecule has 0 fully saturated rings. The van der Waals surface area contributed by atoms with Crippen molar-refractivity contribution in [1.29, 1.82) is 0 Å². The number of carbonyl (C=O) groups excluding carboxylic acids is 2. The molecule has 1 heterocycles. The SMILES string of the molecule is CCCCN1C(=O)[C@@](O)(CC(=O)c2ccc(CC)cc2)c2cc(Br)ccc21. The number of Topliss-reactive ketones (excluding diaryl/α,β-unsaturated/α-hetero) is 1. The zero-order valence-electron chi connectivity index (χ0n) is 15.7. The highest BCUT2D eigenvalue weighted by molar-refractivity contribution is 9.10. The summed E-state index contributed by atoms with van der Waals surface area (Å²) in [5.74, 6) is -0.653. The van der Waals surface area contributed by atoms with Crippen LogP contribution in [0.25, 0.3) is 0 Å². The van der Waals surface area contributed by atoms with E-state index >= 15 is 0 Å². The van der Waals surface area contributed by atoms with Crippen molar-refractivity contribution in [3.63, 3.8) is 0 Å². The number of fused-ring (bicyclic) bond motifs is 1. The van der Waals surface area contributed by atoms with Crippen LogP contribution in [-0.4, -0.2) is 23.3 Å². The Morgan fingerprint density at radius 2 is 1.85 bits per heavy atom. The number of anilines is 1. The molecule has 1 aliphatic heterocycles. The Kier molecular flexibility index (Phi) is 5.82. The zero-order valence-corrected chi connectivity index (χ0v) is 17.3. The fourth-order valence-corrected chi connectivity index (χ4v) is 3.85. The summed E-state index contributed by atoms with van der Waals surface area (Å²) in [5.41, 5.74) is 1.01. The lowest BCUT2D eigenvalue weighted by atomic mass is 9.88. The first kappa shape index (κ1) is 19.8. The van der Waals surface area contributed by atoms with E-state index in [0.717, 1.165) is 29.3 Å². The first-order valence-corrected chi connectivity index (χ1v) is 10.2. The van der Waals surface area contributed by atoms with Crippen LogP contribution < -0.4 is 4.90 Å². The molecule has 2 aromatic carbocycles. The summed E-state index contributed by atoms with van der Waals surface area (Å²) in [5, 5.41) is 11.3. The van der Waals surface area contributed by atoms with Crippen molar-refractivity contribution in [2.75, 3.05) is 11.4 Å².